The zero-order chi connectivity index (χ0) is 11.9. The summed E-state index contributed by atoms with van der Waals surface area (Å²) in [7, 11) is 0. The predicted octanol–water partition coefficient (Wildman–Crippen LogP) is 2.21. The molecule has 0 atom stereocenters. The third-order valence-electron chi connectivity index (χ3n) is 2.07. The summed E-state index contributed by atoms with van der Waals surface area (Å²) in [6, 6.07) is 3.29. The molecule has 0 aliphatic rings. The number of aromatic nitrogens is 2. The second kappa shape index (κ2) is 3.22. The van der Waals surface area contributed by atoms with Crippen LogP contribution < -0.4 is 0 Å². The standard InChI is InChI=1S/C9H5F3N2O2/c10-9(11,12)14-4-13-6-3-5(8(15)16)1-2-7(6)14/h1-4H,(H,15,16). The van der Waals surface area contributed by atoms with E-state index in [0.717, 1.165) is 18.2 Å². The zero-order valence-corrected chi connectivity index (χ0v) is 7.69. The number of halogens is 3. The molecule has 0 amide bonds. The van der Waals surface area contributed by atoms with E-state index in [-0.39, 0.29) is 21.2 Å². The first kappa shape index (κ1) is 10.5. The van der Waals surface area contributed by atoms with E-state index >= 15 is 0 Å². The number of hydrogen-bond donors (Lipinski definition) is 1. The van der Waals surface area contributed by atoms with Crippen molar-refractivity contribution in [1.82, 2.24) is 9.55 Å². The van der Waals surface area contributed by atoms with Gasteiger partial charge in [-0.3, -0.25) is 0 Å². The average molecular weight is 230 g/mol. The molecule has 1 N–H and O–H groups in total. The molecule has 2 rings (SSSR count). The monoisotopic (exact) mass is 230 g/mol. The van der Waals surface area contributed by atoms with Crippen LogP contribution in [0.4, 0.5) is 13.2 Å². The van der Waals surface area contributed by atoms with Crippen LogP contribution in [0.5, 0.6) is 0 Å². The highest BCUT2D eigenvalue weighted by Gasteiger charge is 2.32. The maximum Gasteiger partial charge on any atom is 0.490 e. The van der Waals surface area contributed by atoms with E-state index in [2.05, 4.69) is 4.98 Å². The summed E-state index contributed by atoms with van der Waals surface area (Å²) in [5, 5.41) is 8.65. The van der Waals surface area contributed by atoms with Crippen LogP contribution in [0.2, 0.25) is 0 Å². The minimum atomic E-state index is -4.56. The highest BCUT2D eigenvalue weighted by molar-refractivity contribution is 5.92. The van der Waals surface area contributed by atoms with Gasteiger partial charge >= 0.3 is 12.3 Å². The quantitative estimate of drug-likeness (QED) is 0.817. The molecule has 1 heterocycles. The number of nitrogens with zero attached hydrogens (tertiary/aromatic N) is 2. The first-order chi connectivity index (χ1) is 7.39. The van der Waals surface area contributed by atoms with Crippen molar-refractivity contribution in [2.75, 3.05) is 0 Å². The highest BCUT2D eigenvalue weighted by atomic mass is 19.4. The van der Waals surface area contributed by atoms with Crippen LogP contribution in [0.3, 0.4) is 0 Å². The van der Waals surface area contributed by atoms with Gasteiger partial charge in [-0.05, 0) is 18.2 Å². The molecule has 0 radical (unpaired) electrons. The molecule has 2 aromatic rings. The fraction of sp³-hybridized carbons (Fsp3) is 0.111. The van der Waals surface area contributed by atoms with Gasteiger partial charge in [-0.25, -0.2) is 14.3 Å². The van der Waals surface area contributed by atoms with Gasteiger partial charge in [0.1, 0.15) is 6.33 Å². The molecule has 0 saturated carbocycles. The first-order valence-electron chi connectivity index (χ1n) is 4.17. The minimum absolute atomic E-state index is 0.00257. The summed E-state index contributed by atoms with van der Waals surface area (Å²) in [4.78, 5) is 14.1. The number of imidazole rings is 1. The second-order valence-corrected chi connectivity index (χ2v) is 3.09. The minimum Gasteiger partial charge on any atom is -0.478 e. The van der Waals surface area contributed by atoms with Crippen LogP contribution in [-0.2, 0) is 6.30 Å². The van der Waals surface area contributed by atoms with Crippen molar-refractivity contribution < 1.29 is 23.1 Å². The zero-order valence-electron chi connectivity index (χ0n) is 7.69. The topological polar surface area (TPSA) is 55.1 Å². The molecule has 1 aromatic carbocycles. The molecule has 0 fully saturated rings. The van der Waals surface area contributed by atoms with Crippen molar-refractivity contribution in [2.45, 2.75) is 6.30 Å². The van der Waals surface area contributed by atoms with Gasteiger partial charge in [0.25, 0.3) is 0 Å². The normalized spacial score (nSPS) is 11.9. The van der Waals surface area contributed by atoms with Gasteiger partial charge in [0.05, 0.1) is 16.6 Å². The number of carbonyl (C=O) groups is 1. The number of alkyl halides is 3. The Labute approximate surface area is 86.9 Å². The number of carboxylic acid groups (broad SMARTS) is 1. The molecule has 4 nitrogen and oxygen atoms in total. The lowest BCUT2D eigenvalue weighted by Gasteiger charge is -2.07. The van der Waals surface area contributed by atoms with Crippen molar-refractivity contribution in [2.24, 2.45) is 0 Å². The van der Waals surface area contributed by atoms with E-state index in [1.807, 2.05) is 0 Å². The number of benzene rings is 1. The van der Waals surface area contributed by atoms with Crippen molar-refractivity contribution >= 4 is 17.0 Å². The molecule has 0 saturated heterocycles. The number of rotatable bonds is 1. The Kier molecular flexibility index (Phi) is 2.11. The summed E-state index contributed by atoms with van der Waals surface area (Å²) in [5.41, 5.74) is -0.269. The maximum atomic E-state index is 12.4. The maximum absolute atomic E-state index is 12.4. The van der Waals surface area contributed by atoms with E-state index in [0.29, 0.717) is 6.33 Å². The molecular formula is C9H5F3N2O2. The smallest absolute Gasteiger partial charge is 0.478 e. The van der Waals surface area contributed by atoms with Crippen LogP contribution in [0.25, 0.3) is 11.0 Å². The Morgan fingerprint density at radius 3 is 2.62 bits per heavy atom. The van der Waals surface area contributed by atoms with Crippen LogP contribution >= 0.6 is 0 Å². The van der Waals surface area contributed by atoms with E-state index in [1.54, 1.807) is 0 Å². The average Bonchev–Trinajstić information content (AvgIpc) is 2.58. The number of hydrogen-bond acceptors (Lipinski definition) is 2. The second-order valence-electron chi connectivity index (χ2n) is 3.09. The van der Waals surface area contributed by atoms with Gasteiger partial charge in [-0.2, -0.15) is 0 Å². The van der Waals surface area contributed by atoms with Gasteiger partial charge in [-0.1, -0.05) is 0 Å². The van der Waals surface area contributed by atoms with E-state index < -0.39 is 12.3 Å². The summed E-state index contributed by atoms with van der Waals surface area (Å²) in [6.45, 7) is 0. The Hall–Kier alpha value is -2.05. The molecule has 0 bridgehead atoms. The van der Waals surface area contributed by atoms with Crippen LogP contribution in [0, 0.1) is 0 Å². The summed E-state index contributed by atoms with van der Waals surface area (Å²) in [6.07, 6.45) is -3.93. The van der Waals surface area contributed by atoms with Crippen LogP contribution in [0.1, 0.15) is 10.4 Å². The molecule has 0 aliphatic carbocycles. The van der Waals surface area contributed by atoms with Gasteiger partial charge in [-0.15, -0.1) is 13.2 Å². The van der Waals surface area contributed by atoms with E-state index in [9.17, 15) is 18.0 Å². The lowest BCUT2D eigenvalue weighted by molar-refractivity contribution is -0.201. The number of aromatic carboxylic acids is 1. The van der Waals surface area contributed by atoms with Crippen molar-refractivity contribution in [3.8, 4) is 0 Å². The van der Waals surface area contributed by atoms with Gasteiger partial charge < -0.3 is 5.11 Å². The third kappa shape index (κ3) is 1.60. The number of fused-ring (bicyclic) bond motifs is 1. The summed E-state index contributed by atoms with van der Waals surface area (Å²) >= 11 is 0. The predicted molar refractivity (Wildman–Crippen MR) is 48.0 cm³/mol. The molecule has 0 spiro atoms. The van der Waals surface area contributed by atoms with E-state index in [1.165, 1.54) is 0 Å². The Morgan fingerprint density at radius 1 is 1.38 bits per heavy atom. The Balaban J connectivity index is 2.64. The molecular weight excluding hydrogens is 225 g/mol. The van der Waals surface area contributed by atoms with Crippen molar-refractivity contribution in [3.05, 3.63) is 30.1 Å². The fourth-order valence-electron chi connectivity index (χ4n) is 1.35. The summed E-state index contributed by atoms with van der Waals surface area (Å²) in [5.74, 6) is -1.21. The van der Waals surface area contributed by atoms with Crippen LogP contribution in [0.15, 0.2) is 24.5 Å². The van der Waals surface area contributed by atoms with Crippen molar-refractivity contribution in [1.29, 1.82) is 0 Å². The van der Waals surface area contributed by atoms with Crippen LogP contribution in [-0.4, -0.2) is 20.6 Å². The Morgan fingerprint density at radius 2 is 2.06 bits per heavy atom. The molecule has 1 aromatic heterocycles. The third-order valence-corrected chi connectivity index (χ3v) is 2.07. The molecule has 7 heteroatoms. The Bertz CT molecular complexity index is 559. The van der Waals surface area contributed by atoms with Gasteiger partial charge in [0.15, 0.2) is 0 Å². The van der Waals surface area contributed by atoms with Crippen molar-refractivity contribution in [3.63, 3.8) is 0 Å². The molecule has 0 aliphatic heterocycles. The lowest BCUT2D eigenvalue weighted by Crippen LogP contribution is -2.15. The van der Waals surface area contributed by atoms with E-state index in [4.69, 9.17) is 5.11 Å². The molecule has 0 unspecified atom stereocenters. The molecule has 16 heavy (non-hydrogen) atoms. The lowest BCUT2D eigenvalue weighted by atomic mass is 10.2. The van der Waals surface area contributed by atoms with Gasteiger partial charge in [0, 0.05) is 0 Å². The highest BCUT2D eigenvalue weighted by Crippen LogP contribution is 2.27. The molecule has 84 valence electrons. The first-order valence-corrected chi connectivity index (χ1v) is 4.17. The SMILES string of the molecule is O=C(O)c1ccc2c(c1)ncn2C(F)(F)F. The van der Waals surface area contributed by atoms with Gasteiger partial charge in [0.2, 0.25) is 0 Å². The number of carboxylic acids is 1. The summed E-state index contributed by atoms with van der Waals surface area (Å²) < 4.78 is 37.3. The fourth-order valence-corrected chi connectivity index (χ4v) is 1.35. The largest absolute Gasteiger partial charge is 0.490 e.